The summed E-state index contributed by atoms with van der Waals surface area (Å²) in [6.07, 6.45) is 19.3. The molecule has 0 aromatic rings. The van der Waals surface area contributed by atoms with Crippen LogP contribution in [-0.4, -0.2) is 23.8 Å². The van der Waals surface area contributed by atoms with Gasteiger partial charge in [-0.25, -0.2) is 0 Å². The Morgan fingerprint density at radius 2 is 1.25 bits per heavy atom. The van der Waals surface area contributed by atoms with E-state index in [1.165, 1.54) is 77.0 Å². The molecule has 3 heteroatoms. The van der Waals surface area contributed by atoms with Crippen LogP contribution in [0.1, 0.15) is 117 Å². The lowest BCUT2D eigenvalue weighted by molar-refractivity contribution is -0.137. The first-order valence-corrected chi connectivity index (χ1v) is 10.5. The fraction of sp³-hybridized carbons (Fsp3) is 0.952. The highest BCUT2D eigenvalue weighted by Crippen LogP contribution is 2.17. The molecule has 0 fully saturated rings. The predicted molar refractivity (Wildman–Crippen MR) is 103 cm³/mol. The van der Waals surface area contributed by atoms with Crippen molar-refractivity contribution in [3.05, 3.63) is 0 Å². The number of rotatable bonds is 19. The Morgan fingerprint density at radius 1 is 0.750 bits per heavy atom. The highest BCUT2D eigenvalue weighted by molar-refractivity contribution is 5.66. The van der Waals surface area contributed by atoms with Crippen LogP contribution in [0.25, 0.3) is 0 Å². The van der Waals surface area contributed by atoms with Crippen LogP contribution in [0.5, 0.6) is 0 Å². The summed E-state index contributed by atoms with van der Waals surface area (Å²) in [6.45, 7) is 5.34. The van der Waals surface area contributed by atoms with E-state index in [2.05, 4.69) is 13.8 Å². The number of ether oxygens (including phenoxy) is 1. The first-order valence-electron chi connectivity index (χ1n) is 10.5. The van der Waals surface area contributed by atoms with E-state index in [0.29, 0.717) is 12.5 Å². The van der Waals surface area contributed by atoms with Gasteiger partial charge >= 0.3 is 5.97 Å². The molecular weight excluding hydrogens is 300 g/mol. The largest absolute Gasteiger partial charge is 0.481 e. The summed E-state index contributed by atoms with van der Waals surface area (Å²) in [5.74, 6) is -0.666. The number of hydrogen-bond acceptors (Lipinski definition) is 2. The van der Waals surface area contributed by atoms with E-state index in [0.717, 1.165) is 25.9 Å². The third kappa shape index (κ3) is 17.8. The molecule has 144 valence electrons. The van der Waals surface area contributed by atoms with Crippen LogP contribution < -0.4 is 0 Å². The summed E-state index contributed by atoms with van der Waals surface area (Å²) in [6, 6.07) is 0. The molecule has 0 aromatic heterocycles. The molecule has 0 rings (SSSR count). The van der Waals surface area contributed by atoms with Gasteiger partial charge in [-0.2, -0.15) is 0 Å². The maximum atomic E-state index is 10.4. The Labute approximate surface area is 150 Å². The highest BCUT2D eigenvalue weighted by atomic mass is 16.5. The maximum Gasteiger partial charge on any atom is 0.303 e. The van der Waals surface area contributed by atoms with Gasteiger partial charge in [0.2, 0.25) is 0 Å². The van der Waals surface area contributed by atoms with Gasteiger partial charge in [0, 0.05) is 13.0 Å². The first-order chi connectivity index (χ1) is 11.7. The second-order valence-corrected chi connectivity index (χ2v) is 7.10. The van der Waals surface area contributed by atoms with Crippen molar-refractivity contribution < 1.29 is 14.6 Å². The van der Waals surface area contributed by atoms with Crippen molar-refractivity contribution >= 4 is 5.97 Å². The zero-order valence-electron chi connectivity index (χ0n) is 16.4. The van der Waals surface area contributed by atoms with Crippen LogP contribution in [0.3, 0.4) is 0 Å². The van der Waals surface area contributed by atoms with Gasteiger partial charge in [-0.1, -0.05) is 84.5 Å². The zero-order valence-corrected chi connectivity index (χ0v) is 16.4. The average molecular weight is 343 g/mol. The Hall–Kier alpha value is -0.570. The molecule has 0 aromatic carbocycles. The van der Waals surface area contributed by atoms with Gasteiger partial charge < -0.3 is 9.84 Å². The smallest absolute Gasteiger partial charge is 0.303 e. The summed E-state index contributed by atoms with van der Waals surface area (Å²) in [5.41, 5.74) is 0. The molecular formula is C21H42O3. The number of unbranched alkanes of at least 4 members (excludes halogenated alkanes) is 10. The minimum atomic E-state index is -0.666. The standard InChI is InChI=1S/C21H42O3/c1-3-5-6-7-10-13-16-20(24-19-4-2)17-14-11-8-9-12-15-18-21(22)23/h20H,3-19H2,1-2H3,(H,22,23). The molecule has 0 saturated carbocycles. The third-order valence-electron chi connectivity index (χ3n) is 4.60. The van der Waals surface area contributed by atoms with E-state index < -0.39 is 5.97 Å². The number of carboxylic acids is 1. The second kappa shape index (κ2) is 18.8. The molecule has 0 aliphatic rings. The SMILES string of the molecule is CCCCCCCCC(CCCCCCCCC(=O)O)OCCC. The van der Waals surface area contributed by atoms with Gasteiger partial charge in [0.25, 0.3) is 0 Å². The van der Waals surface area contributed by atoms with Crippen LogP contribution in [0.2, 0.25) is 0 Å². The molecule has 0 heterocycles. The highest BCUT2D eigenvalue weighted by Gasteiger charge is 2.08. The molecule has 3 nitrogen and oxygen atoms in total. The fourth-order valence-corrected chi connectivity index (χ4v) is 3.10. The number of aliphatic carboxylic acids is 1. The van der Waals surface area contributed by atoms with Gasteiger partial charge in [0.05, 0.1) is 6.10 Å². The molecule has 0 spiro atoms. The van der Waals surface area contributed by atoms with E-state index >= 15 is 0 Å². The maximum absolute atomic E-state index is 10.4. The van der Waals surface area contributed by atoms with Crippen molar-refractivity contribution in [2.45, 2.75) is 123 Å². The number of hydrogen-bond donors (Lipinski definition) is 1. The topological polar surface area (TPSA) is 46.5 Å². The molecule has 0 aliphatic heterocycles. The average Bonchev–Trinajstić information content (AvgIpc) is 2.56. The lowest BCUT2D eigenvalue weighted by Crippen LogP contribution is -2.13. The third-order valence-corrected chi connectivity index (χ3v) is 4.60. The summed E-state index contributed by atoms with van der Waals surface area (Å²) in [5, 5.41) is 8.60. The van der Waals surface area contributed by atoms with Crippen molar-refractivity contribution in [1.82, 2.24) is 0 Å². The Balaban J connectivity index is 3.58. The summed E-state index contributed by atoms with van der Waals surface area (Å²) in [7, 11) is 0. The molecule has 1 unspecified atom stereocenters. The van der Waals surface area contributed by atoms with Gasteiger partial charge in [0.15, 0.2) is 0 Å². The van der Waals surface area contributed by atoms with Crippen molar-refractivity contribution in [3.63, 3.8) is 0 Å². The Morgan fingerprint density at radius 3 is 1.75 bits per heavy atom. The van der Waals surface area contributed by atoms with Crippen LogP contribution in [-0.2, 0) is 9.53 Å². The summed E-state index contributed by atoms with van der Waals surface area (Å²) < 4.78 is 6.03. The molecule has 0 bridgehead atoms. The molecule has 0 saturated heterocycles. The molecule has 1 N–H and O–H groups in total. The molecule has 0 radical (unpaired) electrons. The quantitative estimate of drug-likeness (QED) is 0.264. The fourth-order valence-electron chi connectivity index (χ4n) is 3.10. The molecule has 0 aliphatic carbocycles. The normalized spacial score (nSPS) is 12.4. The van der Waals surface area contributed by atoms with Gasteiger partial charge in [-0.3, -0.25) is 4.79 Å². The summed E-state index contributed by atoms with van der Waals surface area (Å²) >= 11 is 0. The number of carboxylic acid groups (broad SMARTS) is 1. The van der Waals surface area contributed by atoms with Gasteiger partial charge in [0.1, 0.15) is 0 Å². The Kier molecular flexibility index (Phi) is 18.3. The molecule has 1 atom stereocenters. The van der Waals surface area contributed by atoms with Crippen molar-refractivity contribution in [1.29, 1.82) is 0 Å². The van der Waals surface area contributed by atoms with Crippen LogP contribution in [0.15, 0.2) is 0 Å². The van der Waals surface area contributed by atoms with E-state index in [1.807, 2.05) is 0 Å². The zero-order chi connectivity index (χ0) is 17.9. The summed E-state index contributed by atoms with van der Waals surface area (Å²) in [4.78, 5) is 10.4. The van der Waals surface area contributed by atoms with Crippen LogP contribution in [0, 0.1) is 0 Å². The van der Waals surface area contributed by atoms with E-state index in [-0.39, 0.29) is 0 Å². The van der Waals surface area contributed by atoms with Crippen molar-refractivity contribution in [2.24, 2.45) is 0 Å². The minimum absolute atomic E-state index is 0.325. The second-order valence-electron chi connectivity index (χ2n) is 7.10. The molecule has 24 heavy (non-hydrogen) atoms. The monoisotopic (exact) mass is 342 g/mol. The lowest BCUT2D eigenvalue weighted by Gasteiger charge is -2.17. The van der Waals surface area contributed by atoms with E-state index in [4.69, 9.17) is 9.84 Å². The van der Waals surface area contributed by atoms with Gasteiger partial charge in [-0.05, 0) is 25.7 Å². The van der Waals surface area contributed by atoms with Gasteiger partial charge in [-0.15, -0.1) is 0 Å². The molecule has 0 amide bonds. The van der Waals surface area contributed by atoms with Crippen molar-refractivity contribution in [3.8, 4) is 0 Å². The van der Waals surface area contributed by atoms with E-state index in [1.54, 1.807) is 0 Å². The lowest BCUT2D eigenvalue weighted by atomic mass is 10.0. The van der Waals surface area contributed by atoms with Crippen LogP contribution in [0.4, 0.5) is 0 Å². The van der Waals surface area contributed by atoms with Crippen LogP contribution >= 0.6 is 0 Å². The first kappa shape index (κ1) is 23.4. The predicted octanol–water partition coefficient (Wildman–Crippen LogP) is 6.74. The van der Waals surface area contributed by atoms with E-state index in [9.17, 15) is 4.79 Å². The Bertz CT molecular complexity index is 266. The minimum Gasteiger partial charge on any atom is -0.481 e. The number of carbonyl (C=O) groups is 1. The van der Waals surface area contributed by atoms with Crippen molar-refractivity contribution in [2.75, 3.05) is 6.61 Å².